The van der Waals surface area contributed by atoms with Crippen LogP contribution < -0.4 is 0 Å². The summed E-state index contributed by atoms with van der Waals surface area (Å²) in [7, 11) is 0. The van der Waals surface area contributed by atoms with E-state index in [0.29, 0.717) is 17.5 Å². The van der Waals surface area contributed by atoms with Gasteiger partial charge in [0.2, 0.25) is 0 Å². The fraction of sp³-hybridized carbons (Fsp3) is 0. The van der Waals surface area contributed by atoms with Gasteiger partial charge in [-0.05, 0) is 86.0 Å². The van der Waals surface area contributed by atoms with E-state index in [0.717, 1.165) is 55.6 Å². The quantitative estimate of drug-likeness (QED) is 0.176. The second-order valence-electron chi connectivity index (χ2n) is 14.0. The second kappa shape index (κ2) is 15.2. The third-order valence-corrected chi connectivity index (χ3v) is 11.5. The molecule has 10 rings (SSSR count). The Kier molecular flexibility index (Phi) is 9.15. The number of aromatic nitrogens is 3. The number of rotatable bonds is 5. The van der Waals surface area contributed by atoms with Crippen molar-refractivity contribution in [2.24, 2.45) is 0 Å². The van der Waals surface area contributed by atoms with Crippen LogP contribution >= 0.6 is 11.8 Å². The van der Waals surface area contributed by atoms with E-state index < -0.39 is 0 Å². The average molecular weight is 746 g/mol. The molecule has 0 atom stereocenters. The molecule has 0 unspecified atom stereocenters. The molecule has 0 saturated heterocycles. The highest BCUT2D eigenvalue weighted by atomic mass is 32.2. The Labute approximate surface area is 337 Å². The Morgan fingerprint density at radius 1 is 0.263 bits per heavy atom. The van der Waals surface area contributed by atoms with Gasteiger partial charge in [-0.3, -0.25) is 0 Å². The first kappa shape index (κ1) is 34.4. The van der Waals surface area contributed by atoms with Crippen LogP contribution in [0.3, 0.4) is 0 Å². The third-order valence-electron chi connectivity index (χ3n) is 10.4. The van der Waals surface area contributed by atoms with Crippen molar-refractivity contribution in [3.63, 3.8) is 0 Å². The van der Waals surface area contributed by atoms with Crippen molar-refractivity contribution >= 4 is 23.9 Å². The van der Waals surface area contributed by atoms with E-state index in [9.17, 15) is 0 Å². The molecule has 2 heterocycles. The lowest BCUT2D eigenvalue weighted by atomic mass is 9.95. The first-order valence-electron chi connectivity index (χ1n) is 19.1. The minimum Gasteiger partial charge on any atom is -0.208 e. The first-order valence-corrected chi connectivity index (χ1v) is 19.9. The monoisotopic (exact) mass is 745 g/mol. The summed E-state index contributed by atoms with van der Waals surface area (Å²) in [5.74, 6) is 1.86. The van der Waals surface area contributed by atoms with Gasteiger partial charge in [0.25, 0.3) is 0 Å². The minimum atomic E-state index is 0.618. The van der Waals surface area contributed by atoms with Crippen molar-refractivity contribution in [2.75, 3.05) is 0 Å². The Balaban J connectivity index is 1.16. The zero-order chi connectivity index (χ0) is 38.0. The molecule has 0 spiro atoms. The zero-order valence-electron chi connectivity index (χ0n) is 31.0. The van der Waals surface area contributed by atoms with Crippen molar-refractivity contribution in [1.82, 2.24) is 15.0 Å². The van der Waals surface area contributed by atoms with Crippen LogP contribution in [0.1, 0.15) is 11.1 Å². The summed E-state index contributed by atoms with van der Waals surface area (Å²) in [6, 6.07) is 70.4. The molecule has 268 valence electrons. The molecule has 1 aliphatic heterocycles. The van der Waals surface area contributed by atoms with E-state index in [-0.39, 0.29) is 0 Å². The van der Waals surface area contributed by atoms with Crippen LogP contribution in [0.4, 0.5) is 0 Å². The molecule has 57 heavy (non-hydrogen) atoms. The fourth-order valence-electron chi connectivity index (χ4n) is 7.52. The molecular weight excluding hydrogens is 711 g/mol. The van der Waals surface area contributed by atoms with Crippen molar-refractivity contribution in [2.45, 2.75) is 9.79 Å². The highest BCUT2D eigenvalue weighted by molar-refractivity contribution is 7.99. The molecule has 4 heteroatoms. The SMILES string of the molecule is C1=C\c2ccc(-c3nc(-c4cccc(-c5ccccc5)c4)nc(-c4cccc(-c5ccccc5)c4)n3)cc2-c2ccccc2Sc2ccccc2-c2ccccc2/1. The highest BCUT2D eigenvalue weighted by Gasteiger charge is 2.19. The van der Waals surface area contributed by atoms with E-state index in [2.05, 4.69) is 200 Å². The lowest BCUT2D eigenvalue weighted by Crippen LogP contribution is -2.01. The van der Waals surface area contributed by atoms with Crippen LogP contribution in [0.5, 0.6) is 0 Å². The van der Waals surface area contributed by atoms with Crippen LogP contribution in [0.15, 0.2) is 210 Å². The van der Waals surface area contributed by atoms with E-state index in [1.807, 2.05) is 12.1 Å². The van der Waals surface area contributed by atoms with Crippen LogP contribution in [0.2, 0.25) is 0 Å². The molecule has 0 N–H and O–H groups in total. The summed E-state index contributed by atoms with van der Waals surface area (Å²) in [5.41, 5.74) is 14.3. The van der Waals surface area contributed by atoms with Gasteiger partial charge in [0.05, 0.1) is 0 Å². The van der Waals surface area contributed by atoms with E-state index in [1.165, 1.54) is 26.5 Å². The Bertz CT molecular complexity index is 2830. The molecule has 0 bridgehead atoms. The lowest BCUT2D eigenvalue weighted by Gasteiger charge is -2.15. The van der Waals surface area contributed by atoms with Gasteiger partial charge < -0.3 is 0 Å². The topological polar surface area (TPSA) is 38.7 Å². The summed E-state index contributed by atoms with van der Waals surface area (Å²) >= 11 is 1.81. The maximum atomic E-state index is 5.22. The molecule has 3 nitrogen and oxygen atoms in total. The van der Waals surface area contributed by atoms with Gasteiger partial charge in [0, 0.05) is 26.5 Å². The summed E-state index contributed by atoms with van der Waals surface area (Å²) in [4.78, 5) is 18.0. The molecule has 9 aromatic rings. The zero-order valence-corrected chi connectivity index (χ0v) is 31.8. The number of fused-ring (bicyclic) bond motifs is 6. The highest BCUT2D eigenvalue weighted by Crippen LogP contribution is 2.44. The molecule has 0 amide bonds. The molecule has 8 aromatic carbocycles. The lowest BCUT2D eigenvalue weighted by molar-refractivity contribution is 1.07. The van der Waals surface area contributed by atoms with Crippen LogP contribution in [0.25, 0.3) is 90.8 Å². The van der Waals surface area contributed by atoms with Gasteiger partial charge in [-0.2, -0.15) is 0 Å². The molecule has 0 saturated carbocycles. The van der Waals surface area contributed by atoms with E-state index in [1.54, 1.807) is 11.8 Å². The number of hydrogen-bond acceptors (Lipinski definition) is 4. The maximum absolute atomic E-state index is 5.22. The number of nitrogens with zero attached hydrogens (tertiary/aromatic N) is 3. The van der Waals surface area contributed by atoms with Gasteiger partial charge in [0.15, 0.2) is 17.5 Å². The fourth-order valence-corrected chi connectivity index (χ4v) is 8.62. The van der Waals surface area contributed by atoms with Crippen molar-refractivity contribution < 1.29 is 0 Å². The van der Waals surface area contributed by atoms with E-state index >= 15 is 0 Å². The molecule has 1 aliphatic rings. The summed E-state index contributed by atoms with van der Waals surface area (Å²) < 4.78 is 0. The molecule has 0 radical (unpaired) electrons. The summed E-state index contributed by atoms with van der Waals surface area (Å²) in [6.45, 7) is 0. The van der Waals surface area contributed by atoms with E-state index in [4.69, 9.17) is 15.0 Å². The number of benzene rings is 8. The minimum absolute atomic E-state index is 0.618. The smallest absolute Gasteiger partial charge is 0.164 e. The van der Waals surface area contributed by atoms with Crippen LogP contribution in [-0.2, 0) is 0 Å². The second-order valence-corrected chi connectivity index (χ2v) is 15.1. The Morgan fingerprint density at radius 2 is 0.667 bits per heavy atom. The van der Waals surface area contributed by atoms with Crippen molar-refractivity contribution in [3.8, 4) is 78.7 Å². The molecule has 0 fully saturated rings. The normalized spacial score (nSPS) is 12.3. The van der Waals surface area contributed by atoms with Gasteiger partial charge in [-0.1, -0.05) is 194 Å². The molecule has 0 aliphatic carbocycles. The predicted molar refractivity (Wildman–Crippen MR) is 237 cm³/mol. The summed E-state index contributed by atoms with van der Waals surface area (Å²) in [5, 5.41) is 0. The van der Waals surface area contributed by atoms with Gasteiger partial charge in [-0.25, -0.2) is 15.0 Å². The number of hydrogen-bond donors (Lipinski definition) is 0. The van der Waals surface area contributed by atoms with Gasteiger partial charge >= 0.3 is 0 Å². The Morgan fingerprint density at radius 3 is 1.23 bits per heavy atom. The molecule has 1 aromatic heterocycles. The maximum Gasteiger partial charge on any atom is 0.164 e. The van der Waals surface area contributed by atoms with Crippen molar-refractivity contribution in [1.29, 1.82) is 0 Å². The molecular formula is C53H35N3S. The van der Waals surface area contributed by atoms with Gasteiger partial charge in [0.1, 0.15) is 0 Å². The van der Waals surface area contributed by atoms with Crippen LogP contribution in [-0.4, -0.2) is 15.0 Å². The van der Waals surface area contributed by atoms with Gasteiger partial charge in [-0.15, -0.1) is 0 Å². The average Bonchev–Trinajstić information content (AvgIpc) is 3.31. The standard InChI is InChI=1S/C53H35N3S/c1-3-15-36(16-4-1)40-20-13-22-42(33-40)51-54-52(43-23-14-21-41(34-43)37-17-5-2-6-18-37)56-53(55-51)44-32-31-39-30-29-38-19-7-8-24-45(38)46-25-9-11-27-49(46)57-50-28-12-10-26-47(50)48(39)35-44/h1-35H/b30-29-. The van der Waals surface area contributed by atoms with Crippen LogP contribution in [0, 0.1) is 0 Å². The predicted octanol–water partition coefficient (Wildman–Crippen LogP) is 14.2. The third kappa shape index (κ3) is 6.99. The first-order chi connectivity index (χ1) is 28.2. The largest absolute Gasteiger partial charge is 0.208 e. The Hall–Kier alpha value is -7.14. The summed E-state index contributed by atoms with van der Waals surface area (Å²) in [6.07, 6.45) is 4.48. The van der Waals surface area contributed by atoms with Crippen molar-refractivity contribution in [3.05, 3.63) is 211 Å².